The molecule has 0 saturated heterocycles. The summed E-state index contributed by atoms with van der Waals surface area (Å²) in [6.07, 6.45) is -1.60. The van der Waals surface area contributed by atoms with Crippen molar-refractivity contribution in [3.8, 4) is 5.69 Å². The van der Waals surface area contributed by atoms with Crippen molar-refractivity contribution in [1.29, 1.82) is 0 Å². The fraction of sp³-hybridized carbons (Fsp3) is 0.318. The summed E-state index contributed by atoms with van der Waals surface area (Å²) in [6.45, 7) is 2.40. The van der Waals surface area contributed by atoms with Crippen LogP contribution in [0.3, 0.4) is 0 Å². The summed E-state index contributed by atoms with van der Waals surface area (Å²) >= 11 is 6.42. The SMILES string of the molecule is CC(NCC(CO)Cc1ccc(F)c(F)c1)c1ccc(-n2cncn2)cc1Cl.O=C(O)C(F)(F)F. The number of rotatable bonds is 8. The van der Waals surface area contributed by atoms with E-state index < -0.39 is 23.8 Å². The molecule has 0 aliphatic heterocycles. The lowest BCUT2D eigenvalue weighted by Crippen LogP contribution is -2.29. The molecule has 3 rings (SSSR count). The molecule has 0 amide bonds. The molecule has 2 atom stereocenters. The highest BCUT2D eigenvalue weighted by Crippen LogP contribution is 2.25. The average molecular weight is 521 g/mol. The third-order valence-electron chi connectivity index (χ3n) is 4.86. The highest BCUT2D eigenvalue weighted by molar-refractivity contribution is 6.31. The van der Waals surface area contributed by atoms with Gasteiger partial charge >= 0.3 is 12.1 Å². The molecule has 190 valence electrons. The standard InChI is InChI=1S/C20H21ClF2N4O.C2HF3O2/c1-13(17-4-3-16(8-18(17)21)27-12-24-11-26-27)25-9-15(10-28)6-14-2-5-19(22)20(23)7-14;3-2(4,5)1(6)7/h2-5,7-8,11-13,15,25,28H,6,9-10H2,1H3;(H,6,7). The summed E-state index contributed by atoms with van der Waals surface area (Å²) in [5, 5.41) is 24.8. The van der Waals surface area contributed by atoms with Gasteiger partial charge < -0.3 is 15.5 Å². The van der Waals surface area contributed by atoms with Gasteiger partial charge in [0.2, 0.25) is 0 Å². The topological polar surface area (TPSA) is 100 Å². The molecular weight excluding hydrogens is 499 g/mol. The van der Waals surface area contributed by atoms with Gasteiger partial charge in [0.05, 0.1) is 5.69 Å². The van der Waals surface area contributed by atoms with Crippen LogP contribution in [0.5, 0.6) is 0 Å². The second kappa shape index (κ2) is 12.6. The lowest BCUT2D eigenvalue weighted by molar-refractivity contribution is -0.192. The van der Waals surface area contributed by atoms with E-state index in [1.807, 2.05) is 25.1 Å². The first kappa shape index (κ1) is 28.1. The van der Waals surface area contributed by atoms with Crippen LogP contribution in [0, 0.1) is 17.6 Å². The number of halogens is 6. The molecule has 0 saturated carbocycles. The van der Waals surface area contributed by atoms with Crippen molar-refractivity contribution in [2.24, 2.45) is 5.92 Å². The van der Waals surface area contributed by atoms with Crippen LogP contribution in [0.1, 0.15) is 24.1 Å². The third-order valence-corrected chi connectivity index (χ3v) is 5.18. The number of aliphatic hydroxyl groups excluding tert-OH is 1. The van der Waals surface area contributed by atoms with Gasteiger partial charge in [0.1, 0.15) is 12.7 Å². The zero-order chi connectivity index (χ0) is 26.2. The van der Waals surface area contributed by atoms with E-state index in [9.17, 15) is 27.1 Å². The molecule has 2 unspecified atom stereocenters. The Morgan fingerprint density at radius 2 is 1.86 bits per heavy atom. The van der Waals surface area contributed by atoms with Crippen molar-refractivity contribution in [2.45, 2.75) is 25.6 Å². The van der Waals surface area contributed by atoms with Gasteiger partial charge in [-0.2, -0.15) is 18.3 Å². The number of benzene rings is 2. The minimum absolute atomic E-state index is 0.0590. The van der Waals surface area contributed by atoms with Gasteiger partial charge in [0, 0.05) is 24.2 Å². The molecule has 3 aromatic rings. The van der Waals surface area contributed by atoms with Crippen molar-refractivity contribution >= 4 is 17.6 Å². The van der Waals surface area contributed by atoms with Crippen LogP contribution in [0.4, 0.5) is 22.0 Å². The molecule has 3 N–H and O–H groups in total. The summed E-state index contributed by atoms with van der Waals surface area (Å²) in [5.41, 5.74) is 2.36. The van der Waals surface area contributed by atoms with Gasteiger partial charge in [0.15, 0.2) is 11.6 Å². The Morgan fingerprint density at radius 3 is 2.37 bits per heavy atom. The molecule has 1 aromatic heterocycles. The minimum Gasteiger partial charge on any atom is -0.475 e. The van der Waals surface area contributed by atoms with Crippen molar-refractivity contribution in [3.63, 3.8) is 0 Å². The predicted octanol–water partition coefficient (Wildman–Crippen LogP) is 4.33. The van der Waals surface area contributed by atoms with Gasteiger partial charge in [-0.05, 0) is 54.7 Å². The zero-order valence-corrected chi connectivity index (χ0v) is 19.1. The minimum atomic E-state index is -5.08. The van der Waals surface area contributed by atoms with Gasteiger partial charge in [-0.1, -0.05) is 23.7 Å². The Hall–Kier alpha value is -3.09. The van der Waals surface area contributed by atoms with Gasteiger partial charge in [-0.15, -0.1) is 0 Å². The average Bonchev–Trinajstić information content (AvgIpc) is 3.33. The number of aliphatic carboxylic acids is 1. The van der Waals surface area contributed by atoms with Crippen LogP contribution in [0.2, 0.25) is 5.02 Å². The summed E-state index contributed by atoms with van der Waals surface area (Å²) < 4.78 is 59.8. The number of aromatic nitrogens is 3. The summed E-state index contributed by atoms with van der Waals surface area (Å²) in [5.74, 6) is -4.65. The van der Waals surface area contributed by atoms with Gasteiger partial charge in [-0.25, -0.2) is 23.2 Å². The van der Waals surface area contributed by atoms with E-state index in [0.717, 1.165) is 17.3 Å². The first-order valence-electron chi connectivity index (χ1n) is 10.1. The lowest BCUT2D eigenvalue weighted by atomic mass is 9.99. The van der Waals surface area contributed by atoms with E-state index in [-0.39, 0.29) is 18.6 Å². The fourth-order valence-corrected chi connectivity index (χ4v) is 3.34. The van der Waals surface area contributed by atoms with Crippen molar-refractivity contribution < 1.29 is 37.0 Å². The maximum atomic E-state index is 13.4. The molecule has 1 heterocycles. The number of carboxylic acids is 1. The molecule has 0 aliphatic carbocycles. The maximum Gasteiger partial charge on any atom is 0.490 e. The quantitative estimate of drug-likeness (QED) is 0.382. The second-order valence-corrected chi connectivity index (χ2v) is 7.89. The molecule has 0 spiro atoms. The number of hydrogen-bond acceptors (Lipinski definition) is 5. The predicted molar refractivity (Wildman–Crippen MR) is 117 cm³/mol. The van der Waals surface area contributed by atoms with E-state index in [4.69, 9.17) is 21.5 Å². The number of alkyl halides is 3. The van der Waals surface area contributed by atoms with Crippen molar-refractivity contribution in [3.05, 3.63) is 76.8 Å². The van der Waals surface area contributed by atoms with Gasteiger partial charge in [0.25, 0.3) is 0 Å². The van der Waals surface area contributed by atoms with E-state index in [1.165, 1.54) is 18.5 Å². The van der Waals surface area contributed by atoms with Gasteiger partial charge in [-0.3, -0.25) is 0 Å². The van der Waals surface area contributed by atoms with Crippen molar-refractivity contribution in [2.75, 3.05) is 13.2 Å². The van der Waals surface area contributed by atoms with Crippen LogP contribution in [0.25, 0.3) is 5.69 Å². The van der Waals surface area contributed by atoms with Crippen LogP contribution in [0.15, 0.2) is 49.1 Å². The van der Waals surface area contributed by atoms with E-state index in [1.54, 1.807) is 11.0 Å². The molecule has 7 nitrogen and oxygen atoms in total. The number of hydrogen-bond donors (Lipinski definition) is 3. The van der Waals surface area contributed by atoms with E-state index in [0.29, 0.717) is 23.6 Å². The second-order valence-electron chi connectivity index (χ2n) is 7.48. The van der Waals surface area contributed by atoms with Crippen molar-refractivity contribution in [1.82, 2.24) is 20.1 Å². The molecule has 0 aliphatic rings. The monoisotopic (exact) mass is 520 g/mol. The molecule has 0 bridgehead atoms. The molecular formula is C22H22ClF5N4O3. The first-order chi connectivity index (χ1) is 16.4. The first-order valence-corrected chi connectivity index (χ1v) is 10.5. The smallest absolute Gasteiger partial charge is 0.475 e. The Kier molecular flexibility index (Phi) is 10.1. The number of aliphatic hydroxyl groups is 1. The molecule has 35 heavy (non-hydrogen) atoms. The highest BCUT2D eigenvalue weighted by Gasteiger charge is 2.38. The van der Waals surface area contributed by atoms with Crippen LogP contribution in [-0.2, 0) is 11.2 Å². The molecule has 0 fully saturated rings. The summed E-state index contributed by atoms with van der Waals surface area (Å²) in [7, 11) is 0. The third kappa shape index (κ3) is 8.57. The summed E-state index contributed by atoms with van der Waals surface area (Å²) in [4.78, 5) is 12.8. The van der Waals surface area contributed by atoms with E-state index in [2.05, 4.69) is 15.4 Å². The number of carbonyl (C=O) groups is 1. The van der Waals surface area contributed by atoms with Crippen LogP contribution >= 0.6 is 11.6 Å². The molecule has 13 heteroatoms. The van der Waals surface area contributed by atoms with E-state index >= 15 is 0 Å². The number of carboxylic acid groups (broad SMARTS) is 1. The normalized spacial score (nSPS) is 13.0. The summed E-state index contributed by atoms with van der Waals surface area (Å²) in [6, 6.07) is 9.38. The van der Waals surface area contributed by atoms with Crippen LogP contribution < -0.4 is 5.32 Å². The number of nitrogens with zero attached hydrogens (tertiary/aromatic N) is 3. The Balaban J connectivity index is 0.000000540. The zero-order valence-electron chi connectivity index (χ0n) is 18.3. The highest BCUT2D eigenvalue weighted by atomic mass is 35.5. The fourth-order valence-electron chi connectivity index (χ4n) is 3.01. The number of nitrogens with one attached hydrogen (secondary N) is 1. The Labute approximate surface area is 202 Å². The Bertz CT molecular complexity index is 1110. The molecule has 2 aromatic carbocycles. The Morgan fingerprint density at radius 1 is 1.17 bits per heavy atom. The van der Waals surface area contributed by atoms with Crippen LogP contribution in [-0.4, -0.2) is 50.3 Å². The molecule has 0 radical (unpaired) electrons. The lowest BCUT2D eigenvalue weighted by Gasteiger charge is -2.21. The maximum absolute atomic E-state index is 13.4. The largest absolute Gasteiger partial charge is 0.490 e.